The molecule has 7 heteroatoms. The molecule has 0 fully saturated rings. The first kappa shape index (κ1) is 10.3. The summed E-state index contributed by atoms with van der Waals surface area (Å²) in [5.41, 5.74) is 0.991. The summed E-state index contributed by atoms with van der Waals surface area (Å²) in [6.07, 6.45) is 0. The second-order valence-corrected chi connectivity index (χ2v) is 3.74. The monoisotopic (exact) mass is 243 g/mol. The molecule has 2 heterocycles. The van der Waals surface area contributed by atoms with Crippen molar-refractivity contribution in [2.75, 3.05) is 0 Å². The summed E-state index contributed by atoms with van der Waals surface area (Å²) in [7, 11) is 0. The molecule has 0 aromatic carbocycles. The summed E-state index contributed by atoms with van der Waals surface area (Å²) in [5, 5.41) is 13.5. The summed E-state index contributed by atoms with van der Waals surface area (Å²) in [6, 6.07) is 1.30. The Kier molecular flexibility index (Phi) is 2.32. The minimum Gasteiger partial charge on any atom is -0.478 e. The number of carbonyl (C=O) groups is 1. The lowest BCUT2D eigenvalue weighted by molar-refractivity contribution is 0.0699. The summed E-state index contributed by atoms with van der Waals surface area (Å²) in [6.45, 7) is 1.69. The molecule has 0 bridgehead atoms. The van der Waals surface area contributed by atoms with E-state index in [-0.39, 0.29) is 10.7 Å². The molecule has 1 N–H and O–H groups in total. The number of fused-ring (bicyclic) bond motifs is 1. The van der Waals surface area contributed by atoms with E-state index in [1.165, 1.54) is 10.2 Å². The number of aromatic nitrogens is 3. The Morgan fingerprint density at radius 3 is 2.93 bits per heavy atom. The van der Waals surface area contributed by atoms with Crippen molar-refractivity contribution in [1.82, 2.24) is 14.2 Å². The van der Waals surface area contributed by atoms with Crippen LogP contribution in [0.1, 0.15) is 16.1 Å². The molecule has 2 aromatic rings. The topological polar surface area (TPSA) is 68.0 Å². The van der Waals surface area contributed by atoms with Gasteiger partial charge in [0.15, 0.2) is 5.65 Å². The fraction of sp³-hybridized carbons (Fsp3) is 0.125. The minimum absolute atomic E-state index is 0.0859. The highest BCUT2D eigenvalue weighted by molar-refractivity contribution is 7.78. The molecule has 0 aliphatic rings. The molecule has 2 aromatic heterocycles. The molecular formula is C8H6ClN3O2S. The molecule has 15 heavy (non-hydrogen) atoms. The molecule has 0 spiro atoms. The van der Waals surface area contributed by atoms with Crippen LogP contribution in [0.15, 0.2) is 6.07 Å². The Hall–Kier alpha value is -1.27. The first-order valence-corrected chi connectivity index (χ1v) is 4.77. The van der Waals surface area contributed by atoms with Crippen LogP contribution in [0.3, 0.4) is 0 Å². The van der Waals surface area contributed by atoms with Crippen molar-refractivity contribution in [2.45, 2.75) is 6.92 Å². The van der Waals surface area contributed by atoms with E-state index in [2.05, 4.69) is 22.9 Å². The predicted molar refractivity (Wildman–Crippen MR) is 58.6 cm³/mol. The van der Waals surface area contributed by atoms with Crippen molar-refractivity contribution < 1.29 is 9.90 Å². The van der Waals surface area contributed by atoms with E-state index in [9.17, 15) is 4.79 Å². The SMILES string of the molecule is Cc1nn(S)c2nc(Cl)cc(C(=O)O)c12. The molecule has 0 atom stereocenters. The third kappa shape index (κ3) is 1.55. The van der Waals surface area contributed by atoms with E-state index < -0.39 is 5.97 Å². The van der Waals surface area contributed by atoms with Crippen LogP contribution < -0.4 is 0 Å². The molecule has 0 saturated carbocycles. The predicted octanol–water partition coefficient (Wildman–Crippen LogP) is 1.78. The largest absolute Gasteiger partial charge is 0.478 e. The van der Waals surface area contributed by atoms with E-state index in [1.807, 2.05) is 0 Å². The van der Waals surface area contributed by atoms with Crippen LogP contribution in [0.25, 0.3) is 11.0 Å². The molecule has 2 rings (SSSR count). The van der Waals surface area contributed by atoms with E-state index >= 15 is 0 Å². The number of rotatable bonds is 1. The average Bonchev–Trinajstić information content (AvgIpc) is 2.41. The highest BCUT2D eigenvalue weighted by Crippen LogP contribution is 2.24. The van der Waals surface area contributed by atoms with Crippen molar-refractivity contribution in [3.63, 3.8) is 0 Å². The van der Waals surface area contributed by atoms with Gasteiger partial charge in [0.1, 0.15) is 5.15 Å². The second-order valence-electron chi connectivity index (χ2n) is 2.97. The van der Waals surface area contributed by atoms with Crippen LogP contribution in [0.4, 0.5) is 0 Å². The number of carboxylic acid groups (broad SMARTS) is 1. The fourth-order valence-electron chi connectivity index (χ4n) is 1.41. The Morgan fingerprint density at radius 1 is 1.67 bits per heavy atom. The standard InChI is InChI=1S/C8H6ClN3O2S/c1-3-6-4(8(13)14)2-5(9)10-7(6)12(15)11-3/h2,15H,1H3,(H,13,14). The Labute approximate surface area is 95.2 Å². The number of hydrogen-bond acceptors (Lipinski definition) is 4. The fourth-order valence-corrected chi connectivity index (χ4v) is 1.88. The van der Waals surface area contributed by atoms with Gasteiger partial charge in [-0.2, -0.15) is 9.19 Å². The number of thiol groups is 1. The molecule has 0 radical (unpaired) electrons. The van der Waals surface area contributed by atoms with Gasteiger partial charge in [-0.05, 0) is 25.8 Å². The number of carboxylic acids is 1. The van der Waals surface area contributed by atoms with Gasteiger partial charge in [-0.3, -0.25) is 0 Å². The van der Waals surface area contributed by atoms with E-state index in [1.54, 1.807) is 6.92 Å². The van der Waals surface area contributed by atoms with Gasteiger partial charge >= 0.3 is 5.97 Å². The zero-order valence-corrected chi connectivity index (χ0v) is 9.25. The first-order chi connectivity index (χ1) is 7.00. The maximum atomic E-state index is 11.0. The number of aryl methyl sites for hydroxylation is 1. The number of pyridine rings is 1. The third-order valence-electron chi connectivity index (χ3n) is 2.00. The average molecular weight is 244 g/mol. The Balaban J connectivity index is 2.96. The second kappa shape index (κ2) is 3.39. The lowest BCUT2D eigenvalue weighted by Gasteiger charge is -1.98. The van der Waals surface area contributed by atoms with E-state index in [0.29, 0.717) is 16.7 Å². The molecule has 0 amide bonds. The molecule has 0 saturated heterocycles. The maximum absolute atomic E-state index is 11.0. The van der Waals surface area contributed by atoms with Gasteiger partial charge in [0, 0.05) is 0 Å². The van der Waals surface area contributed by atoms with Gasteiger partial charge in [-0.25, -0.2) is 9.78 Å². The molecule has 78 valence electrons. The van der Waals surface area contributed by atoms with Crippen LogP contribution >= 0.6 is 24.4 Å². The van der Waals surface area contributed by atoms with Gasteiger partial charge in [0.05, 0.1) is 16.6 Å². The number of halogens is 1. The number of nitrogens with zero attached hydrogens (tertiary/aromatic N) is 3. The normalized spacial score (nSPS) is 10.9. The van der Waals surface area contributed by atoms with Crippen molar-refractivity contribution in [3.8, 4) is 0 Å². The van der Waals surface area contributed by atoms with Crippen molar-refractivity contribution in [2.24, 2.45) is 0 Å². The van der Waals surface area contributed by atoms with Crippen LogP contribution in [0.5, 0.6) is 0 Å². The quantitative estimate of drug-likeness (QED) is 0.592. The highest BCUT2D eigenvalue weighted by atomic mass is 35.5. The zero-order chi connectivity index (χ0) is 11.2. The van der Waals surface area contributed by atoms with E-state index in [0.717, 1.165) is 0 Å². The van der Waals surface area contributed by atoms with Crippen LogP contribution in [-0.4, -0.2) is 25.2 Å². The third-order valence-corrected chi connectivity index (χ3v) is 2.47. The lowest BCUT2D eigenvalue weighted by atomic mass is 10.1. The molecule has 5 nitrogen and oxygen atoms in total. The Morgan fingerprint density at radius 2 is 2.33 bits per heavy atom. The van der Waals surface area contributed by atoms with Crippen molar-refractivity contribution >= 4 is 41.4 Å². The number of hydrogen-bond donors (Lipinski definition) is 2. The van der Waals surface area contributed by atoms with Gasteiger partial charge in [-0.15, -0.1) is 0 Å². The van der Waals surface area contributed by atoms with Crippen LogP contribution in [0, 0.1) is 6.92 Å². The van der Waals surface area contributed by atoms with Crippen LogP contribution in [0.2, 0.25) is 5.15 Å². The smallest absolute Gasteiger partial charge is 0.336 e. The lowest BCUT2D eigenvalue weighted by Crippen LogP contribution is -1.99. The van der Waals surface area contributed by atoms with Crippen LogP contribution in [-0.2, 0) is 0 Å². The zero-order valence-electron chi connectivity index (χ0n) is 7.60. The molecule has 0 aliphatic heterocycles. The van der Waals surface area contributed by atoms with Gasteiger partial charge in [-0.1, -0.05) is 11.6 Å². The number of aromatic carboxylic acids is 1. The van der Waals surface area contributed by atoms with Gasteiger partial charge in [0.25, 0.3) is 0 Å². The Bertz CT molecular complexity index is 567. The summed E-state index contributed by atoms with van der Waals surface area (Å²) in [5.74, 6) is -1.06. The summed E-state index contributed by atoms with van der Waals surface area (Å²) < 4.78 is 1.21. The van der Waals surface area contributed by atoms with Crippen molar-refractivity contribution in [1.29, 1.82) is 0 Å². The molecule has 0 aliphatic carbocycles. The maximum Gasteiger partial charge on any atom is 0.336 e. The van der Waals surface area contributed by atoms with Gasteiger partial charge in [0.2, 0.25) is 0 Å². The van der Waals surface area contributed by atoms with Crippen molar-refractivity contribution in [3.05, 3.63) is 22.5 Å². The van der Waals surface area contributed by atoms with E-state index in [4.69, 9.17) is 16.7 Å². The summed E-state index contributed by atoms with van der Waals surface area (Å²) >= 11 is 9.73. The first-order valence-electron chi connectivity index (χ1n) is 3.99. The highest BCUT2D eigenvalue weighted by Gasteiger charge is 2.17. The summed E-state index contributed by atoms with van der Waals surface area (Å²) in [4.78, 5) is 14.9. The molecular weight excluding hydrogens is 238 g/mol. The molecule has 0 unspecified atom stereocenters. The van der Waals surface area contributed by atoms with Gasteiger partial charge < -0.3 is 5.11 Å². The minimum atomic E-state index is -1.06.